The Balaban J connectivity index is 0.985. The van der Waals surface area contributed by atoms with E-state index >= 15 is 0 Å². The highest BCUT2D eigenvalue weighted by Crippen LogP contribution is 2.41. The van der Waals surface area contributed by atoms with E-state index in [4.69, 9.17) is 52.3 Å². The summed E-state index contributed by atoms with van der Waals surface area (Å²) in [6.07, 6.45) is 0.146. The highest BCUT2D eigenvalue weighted by atomic mass is 35.5. The number of rotatable bonds is 14. The number of aliphatic hydroxyl groups excluding tert-OH is 1. The van der Waals surface area contributed by atoms with Crippen molar-refractivity contribution in [3.63, 3.8) is 0 Å². The predicted octanol–water partition coefficient (Wildman–Crippen LogP) is 7.72. The SMILES string of the molecule is Cc1nc(C(=O)N2Cc3cc4c(cc3C[C@H]2C(=O)N[C@H](COCO)Cc2ccc(-c3ccc(C(N)=O)cc3)cc2)OC[C@H](c2ccc(OCc3ccc(Cl)c(Cl)c3)cc2)O4)c(C)o1. The molecule has 0 saturated carbocycles. The first-order chi connectivity index (χ1) is 30.4. The van der Waals surface area contributed by atoms with Crippen LogP contribution in [0, 0.1) is 13.8 Å². The number of carbonyl (C=O) groups is 3. The molecule has 0 unspecified atom stereocenters. The fraction of sp³-hybridized carbons (Fsp3) is 0.250. The summed E-state index contributed by atoms with van der Waals surface area (Å²) in [7, 11) is 0. The summed E-state index contributed by atoms with van der Waals surface area (Å²) >= 11 is 12.2. The molecule has 6 aromatic rings. The van der Waals surface area contributed by atoms with Gasteiger partial charge in [0.15, 0.2) is 29.2 Å². The van der Waals surface area contributed by atoms with Crippen LogP contribution >= 0.6 is 23.2 Å². The molecule has 5 aromatic carbocycles. The number of hydrogen-bond donors (Lipinski definition) is 3. The second-order valence-electron chi connectivity index (χ2n) is 15.4. The summed E-state index contributed by atoms with van der Waals surface area (Å²) in [4.78, 5) is 46.1. The number of fused-ring (bicyclic) bond motifs is 2. The van der Waals surface area contributed by atoms with Crippen LogP contribution in [-0.2, 0) is 35.5 Å². The second kappa shape index (κ2) is 18.9. The number of aliphatic hydroxyl groups is 1. The van der Waals surface area contributed by atoms with Gasteiger partial charge in [-0.3, -0.25) is 14.4 Å². The van der Waals surface area contributed by atoms with Crippen LogP contribution in [0.5, 0.6) is 17.2 Å². The number of nitrogens with one attached hydrogen (secondary N) is 1. The lowest BCUT2D eigenvalue weighted by Crippen LogP contribution is -2.55. The molecule has 13 nitrogen and oxygen atoms in total. The maximum Gasteiger partial charge on any atom is 0.277 e. The molecule has 2 aliphatic rings. The molecule has 324 valence electrons. The van der Waals surface area contributed by atoms with Gasteiger partial charge in [-0.05, 0) is 101 Å². The van der Waals surface area contributed by atoms with Crippen molar-refractivity contribution in [2.45, 2.75) is 58.0 Å². The Morgan fingerprint density at radius 3 is 2.25 bits per heavy atom. The number of carbonyl (C=O) groups excluding carboxylic acids is 3. The molecule has 63 heavy (non-hydrogen) atoms. The van der Waals surface area contributed by atoms with Gasteiger partial charge in [0, 0.05) is 25.5 Å². The maximum absolute atomic E-state index is 14.4. The number of nitrogens with two attached hydrogens (primary N) is 1. The number of hydrogen-bond acceptors (Lipinski definition) is 10. The molecule has 0 bridgehead atoms. The van der Waals surface area contributed by atoms with Crippen LogP contribution in [0.15, 0.2) is 108 Å². The van der Waals surface area contributed by atoms with Crippen molar-refractivity contribution in [2.24, 2.45) is 5.73 Å². The van der Waals surface area contributed by atoms with E-state index in [1.165, 1.54) is 4.90 Å². The number of halogens is 2. The van der Waals surface area contributed by atoms with Gasteiger partial charge in [-0.1, -0.05) is 77.8 Å². The monoisotopic (exact) mass is 890 g/mol. The third-order valence-electron chi connectivity index (χ3n) is 11.1. The Labute approximate surface area is 373 Å². The van der Waals surface area contributed by atoms with Crippen LogP contribution in [0.1, 0.15) is 66.4 Å². The molecule has 0 fully saturated rings. The summed E-state index contributed by atoms with van der Waals surface area (Å²) in [5.74, 6) is 1.06. The van der Waals surface area contributed by atoms with Gasteiger partial charge in [-0.15, -0.1) is 0 Å². The Bertz CT molecular complexity index is 2640. The molecule has 1 aromatic heterocycles. The minimum atomic E-state index is -0.934. The van der Waals surface area contributed by atoms with Crippen molar-refractivity contribution in [3.05, 3.63) is 164 Å². The Morgan fingerprint density at radius 2 is 1.59 bits per heavy atom. The van der Waals surface area contributed by atoms with E-state index in [1.54, 1.807) is 38.1 Å². The number of nitrogens with zero attached hydrogens (tertiary/aromatic N) is 2. The first kappa shape index (κ1) is 43.3. The lowest BCUT2D eigenvalue weighted by molar-refractivity contribution is -0.127. The molecule has 0 saturated heterocycles. The summed E-state index contributed by atoms with van der Waals surface area (Å²) in [6, 6.07) is 30.0. The number of primary amides is 1. The van der Waals surface area contributed by atoms with E-state index in [1.807, 2.05) is 78.9 Å². The van der Waals surface area contributed by atoms with E-state index in [2.05, 4.69) is 10.3 Å². The van der Waals surface area contributed by atoms with Crippen molar-refractivity contribution >= 4 is 40.9 Å². The number of amides is 3. The highest BCUT2D eigenvalue weighted by molar-refractivity contribution is 6.42. The summed E-state index contributed by atoms with van der Waals surface area (Å²) < 4.78 is 29.7. The Morgan fingerprint density at radius 1 is 0.889 bits per heavy atom. The second-order valence-corrected chi connectivity index (χ2v) is 16.2. The molecular formula is C48H44Cl2N4O9. The van der Waals surface area contributed by atoms with Gasteiger partial charge < -0.3 is 44.4 Å². The van der Waals surface area contributed by atoms with E-state index in [0.29, 0.717) is 57.5 Å². The van der Waals surface area contributed by atoms with Crippen LogP contribution in [0.2, 0.25) is 10.0 Å². The summed E-state index contributed by atoms with van der Waals surface area (Å²) in [5, 5.41) is 13.6. The van der Waals surface area contributed by atoms with Gasteiger partial charge in [-0.2, -0.15) is 0 Å². The third kappa shape index (κ3) is 9.97. The van der Waals surface area contributed by atoms with Gasteiger partial charge in [-0.25, -0.2) is 4.98 Å². The smallest absolute Gasteiger partial charge is 0.277 e. The van der Waals surface area contributed by atoms with Crippen LogP contribution < -0.4 is 25.3 Å². The minimum Gasteiger partial charge on any atom is -0.489 e. The van der Waals surface area contributed by atoms with E-state index in [0.717, 1.165) is 38.9 Å². The molecule has 3 amide bonds. The number of benzene rings is 5. The summed E-state index contributed by atoms with van der Waals surface area (Å²) in [5.41, 5.74) is 12.1. The predicted molar refractivity (Wildman–Crippen MR) is 235 cm³/mol. The zero-order chi connectivity index (χ0) is 44.2. The zero-order valence-corrected chi connectivity index (χ0v) is 35.9. The largest absolute Gasteiger partial charge is 0.489 e. The van der Waals surface area contributed by atoms with Crippen molar-refractivity contribution < 1.29 is 42.9 Å². The number of aryl methyl sites for hydroxylation is 2. The zero-order valence-electron chi connectivity index (χ0n) is 34.4. The van der Waals surface area contributed by atoms with Gasteiger partial charge in [0.25, 0.3) is 5.91 Å². The van der Waals surface area contributed by atoms with E-state index in [9.17, 15) is 19.5 Å². The van der Waals surface area contributed by atoms with Crippen LogP contribution in [0.25, 0.3) is 11.1 Å². The lowest BCUT2D eigenvalue weighted by Gasteiger charge is -2.37. The maximum atomic E-state index is 14.4. The van der Waals surface area contributed by atoms with E-state index in [-0.39, 0.29) is 31.9 Å². The third-order valence-corrected chi connectivity index (χ3v) is 11.8. The molecule has 0 aliphatic carbocycles. The first-order valence-electron chi connectivity index (χ1n) is 20.3. The number of oxazole rings is 1. The molecule has 3 heterocycles. The average Bonchev–Trinajstić information content (AvgIpc) is 3.64. The molecule has 4 N–H and O–H groups in total. The minimum absolute atomic E-state index is 0.0196. The van der Waals surface area contributed by atoms with E-state index < -0.39 is 42.7 Å². The molecule has 15 heteroatoms. The van der Waals surface area contributed by atoms with Crippen LogP contribution in [0.4, 0.5) is 0 Å². The van der Waals surface area contributed by atoms with Crippen LogP contribution in [0.3, 0.4) is 0 Å². The fourth-order valence-electron chi connectivity index (χ4n) is 7.79. The molecule has 3 atom stereocenters. The molecule has 8 rings (SSSR count). The molecule has 0 radical (unpaired) electrons. The van der Waals surface area contributed by atoms with Crippen molar-refractivity contribution in [1.82, 2.24) is 15.2 Å². The summed E-state index contributed by atoms with van der Waals surface area (Å²) in [6.45, 7) is 3.48. The van der Waals surface area contributed by atoms with Gasteiger partial charge in [0.2, 0.25) is 11.8 Å². The van der Waals surface area contributed by atoms with Crippen molar-refractivity contribution in [2.75, 3.05) is 20.0 Å². The molecule has 0 spiro atoms. The number of ether oxygens (including phenoxy) is 4. The van der Waals surface area contributed by atoms with Gasteiger partial charge in [0.05, 0.1) is 22.7 Å². The normalized spacial score (nSPS) is 15.9. The quantitative estimate of drug-likeness (QED) is 0.0919. The van der Waals surface area contributed by atoms with Gasteiger partial charge >= 0.3 is 0 Å². The van der Waals surface area contributed by atoms with Crippen molar-refractivity contribution in [3.8, 4) is 28.4 Å². The molecular weight excluding hydrogens is 847 g/mol. The fourth-order valence-corrected chi connectivity index (χ4v) is 8.11. The standard InChI is InChI=1S/C48H44Cl2N4O9/c1-27-45(52-28(2)62-27)48(58)54-22-36-21-43-42(61-25-44(63-43)33-12-14-38(15-13-33)60-23-30-5-16-39(49)40(50)18-30)20-35(36)19-41(54)47(57)53-37(24-59-26-55)17-29-3-6-31(7-4-29)32-8-10-34(11-9-32)46(51)56/h3-16,18,20-21,37,41,44,55H,17,19,22-26H2,1-2H3,(H2,51,56)(H,53,57)/t37-,41-,44+/m0/s1. The Kier molecular flexibility index (Phi) is 13.0. The highest BCUT2D eigenvalue weighted by Gasteiger charge is 2.39. The van der Waals surface area contributed by atoms with Gasteiger partial charge in [0.1, 0.15) is 37.6 Å². The lowest BCUT2D eigenvalue weighted by atomic mass is 9.91. The van der Waals surface area contributed by atoms with Crippen molar-refractivity contribution in [1.29, 1.82) is 0 Å². The topological polar surface area (TPSA) is 176 Å². The number of aromatic nitrogens is 1. The average molecular weight is 892 g/mol. The first-order valence-corrected chi connectivity index (χ1v) is 21.0. The molecule has 2 aliphatic heterocycles. The Hall–Kier alpha value is -6.38. The van der Waals surface area contributed by atoms with Crippen LogP contribution in [-0.4, -0.2) is 64.8 Å².